The van der Waals surface area contributed by atoms with Crippen molar-refractivity contribution in [1.82, 2.24) is 9.80 Å². The van der Waals surface area contributed by atoms with Gasteiger partial charge >= 0.3 is 0 Å². The third kappa shape index (κ3) is 3.29. The van der Waals surface area contributed by atoms with Crippen molar-refractivity contribution in [2.24, 2.45) is 11.8 Å². The van der Waals surface area contributed by atoms with Gasteiger partial charge in [-0.2, -0.15) is 0 Å². The summed E-state index contributed by atoms with van der Waals surface area (Å²) in [5.41, 5.74) is 4.41. The number of amides is 2. The van der Waals surface area contributed by atoms with Crippen LogP contribution in [0.4, 0.5) is 0 Å². The highest BCUT2D eigenvalue weighted by molar-refractivity contribution is 6.35. The van der Waals surface area contributed by atoms with Gasteiger partial charge in [-0.3, -0.25) is 14.5 Å². The monoisotopic (exact) mass is 354 g/mol. The molecule has 2 aliphatic rings. The number of benzene rings is 1. The molecule has 0 aromatic heterocycles. The lowest BCUT2D eigenvalue weighted by atomic mass is 9.90. The van der Waals surface area contributed by atoms with Crippen molar-refractivity contribution in [3.63, 3.8) is 0 Å². The third-order valence-corrected chi connectivity index (χ3v) is 5.57. The zero-order valence-electron chi connectivity index (χ0n) is 16.6. The minimum Gasteiger partial charge on any atom is -0.366 e. The topological polar surface area (TPSA) is 40.6 Å². The molecule has 26 heavy (non-hydrogen) atoms. The van der Waals surface area contributed by atoms with Crippen LogP contribution in [0.3, 0.4) is 0 Å². The fraction of sp³-hybridized carbons (Fsp3) is 0.545. The fourth-order valence-corrected chi connectivity index (χ4v) is 4.29. The first-order valence-corrected chi connectivity index (χ1v) is 9.76. The highest BCUT2D eigenvalue weighted by atomic mass is 16.2. The first-order valence-electron chi connectivity index (χ1n) is 9.76. The molecule has 1 aromatic carbocycles. The zero-order chi connectivity index (χ0) is 19.0. The molecule has 1 aromatic rings. The maximum atomic E-state index is 13.2. The molecule has 0 radical (unpaired) electrons. The number of piperidine rings is 1. The molecular formula is C22H30N2O2. The Bertz CT molecular complexity index is 755. The lowest BCUT2D eigenvalue weighted by Gasteiger charge is -2.37. The first-order chi connectivity index (χ1) is 12.3. The Labute approximate surface area is 156 Å². The van der Waals surface area contributed by atoms with Gasteiger partial charge < -0.3 is 4.90 Å². The molecule has 3 rings (SSSR count). The second-order valence-corrected chi connectivity index (χ2v) is 8.14. The van der Waals surface area contributed by atoms with E-state index in [1.54, 1.807) is 0 Å². The molecule has 2 aliphatic heterocycles. The van der Waals surface area contributed by atoms with Crippen LogP contribution < -0.4 is 0 Å². The van der Waals surface area contributed by atoms with E-state index in [9.17, 15) is 9.59 Å². The van der Waals surface area contributed by atoms with Gasteiger partial charge in [-0.25, -0.2) is 0 Å². The predicted octanol–water partition coefficient (Wildman–Crippen LogP) is 3.77. The molecule has 0 aliphatic carbocycles. The SMILES string of the molecule is CCCN1C(=O)C(c2ccc(C)c(C)c2)=C(N2CC(C)CC(C)C2)C1=O. The molecule has 0 N–H and O–H groups in total. The van der Waals surface area contributed by atoms with Gasteiger partial charge in [0.05, 0.1) is 5.57 Å². The Morgan fingerprint density at radius 3 is 2.23 bits per heavy atom. The third-order valence-electron chi connectivity index (χ3n) is 5.57. The van der Waals surface area contributed by atoms with Crippen LogP contribution in [-0.4, -0.2) is 41.2 Å². The van der Waals surface area contributed by atoms with Crippen LogP contribution in [0.1, 0.15) is 50.3 Å². The van der Waals surface area contributed by atoms with Gasteiger partial charge in [-0.05, 0) is 55.2 Å². The average molecular weight is 354 g/mol. The van der Waals surface area contributed by atoms with Crippen LogP contribution >= 0.6 is 0 Å². The molecule has 0 bridgehead atoms. The zero-order valence-corrected chi connectivity index (χ0v) is 16.6. The molecule has 1 saturated heterocycles. The summed E-state index contributed by atoms with van der Waals surface area (Å²) in [4.78, 5) is 29.9. The van der Waals surface area contributed by atoms with Gasteiger partial charge in [0.25, 0.3) is 11.8 Å². The van der Waals surface area contributed by atoms with Crippen LogP contribution in [0.15, 0.2) is 23.9 Å². The van der Waals surface area contributed by atoms with Gasteiger partial charge in [-0.1, -0.05) is 39.0 Å². The molecule has 4 nitrogen and oxygen atoms in total. The number of aryl methyl sites for hydroxylation is 2. The number of hydrogen-bond donors (Lipinski definition) is 0. The lowest BCUT2D eigenvalue weighted by molar-refractivity contribution is -0.137. The van der Waals surface area contributed by atoms with Crippen molar-refractivity contribution >= 4 is 17.4 Å². The molecule has 2 amide bonds. The minimum atomic E-state index is -0.138. The maximum Gasteiger partial charge on any atom is 0.277 e. The minimum absolute atomic E-state index is 0.119. The standard InChI is InChI=1S/C22H30N2O2/c1-6-9-24-21(25)19(18-8-7-16(4)17(5)11-18)20(22(24)26)23-12-14(2)10-15(3)13-23/h7-8,11,14-15H,6,9-10,12-13H2,1-5H3. The smallest absolute Gasteiger partial charge is 0.277 e. The van der Waals surface area contributed by atoms with E-state index in [4.69, 9.17) is 0 Å². The van der Waals surface area contributed by atoms with Gasteiger partial charge in [0.1, 0.15) is 5.70 Å². The Hall–Kier alpha value is -2.10. The van der Waals surface area contributed by atoms with Gasteiger partial charge in [0.2, 0.25) is 0 Å². The Balaban J connectivity index is 2.11. The Morgan fingerprint density at radius 1 is 1.00 bits per heavy atom. The summed E-state index contributed by atoms with van der Waals surface area (Å²) < 4.78 is 0. The molecule has 140 valence electrons. The number of carbonyl (C=O) groups is 2. The number of carbonyl (C=O) groups excluding carboxylic acids is 2. The number of nitrogens with zero attached hydrogens (tertiary/aromatic N) is 2. The van der Waals surface area contributed by atoms with Gasteiger partial charge in [0, 0.05) is 19.6 Å². The summed E-state index contributed by atoms with van der Waals surface area (Å²) in [5, 5.41) is 0. The van der Waals surface area contributed by atoms with Crippen LogP contribution in [-0.2, 0) is 9.59 Å². The van der Waals surface area contributed by atoms with E-state index in [0.29, 0.717) is 29.7 Å². The van der Waals surface area contributed by atoms with E-state index in [1.807, 2.05) is 25.1 Å². The van der Waals surface area contributed by atoms with Crippen LogP contribution in [0.25, 0.3) is 5.57 Å². The van der Waals surface area contributed by atoms with Crippen molar-refractivity contribution < 1.29 is 9.59 Å². The van der Waals surface area contributed by atoms with E-state index in [2.05, 4.69) is 32.6 Å². The quantitative estimate of drug-likeness (QED) is 0.773. The van der Waals surface area contributed by atoms with E-state index < -0.39 is 0 Å². The van der Waals surface area contributed by atoms with Crippen molar-refractivity contribution in [3.05, 3.63) is 40.6 Å². The van der Waals surface area contributed by atoms with E-state index in [-0.39, 0.29) is 11.8 Å². The summed E-state index contributed by atoms with van der Waals surface area (Å²) in [6.45, 7) is 12.7. The van der Waals surface area contributed by atoms with E-state index in [0.717, 1.165) is 30.6 Å². The Morgan fingerprint density at radius 2 is 1.65 bits per heavy atom. The number of likely N-dealkylation sites (tertiary alicyclic amines) is 1. The summed E-state index contributed by atoms with van der Waals surface area (Å²) in [6, 6.07) is 6.06. The fourth-order valence-electron chi connectivity index (χ4n) is 4.29. The Kier molecular flexibility index (Phi) is 5.22. The van der Waals surface area contributed by atoms with Crippen molar-refractivity contribution in [2.45, 2.75) is 47.5 Å². The van der Waals surface area contributed by atoms with Crippen molar-refractivity contribution in [2.75, 3.05) is 19.6 Å². The second-order valence-electron chi connectivity index (χ2n) is 8.14. The van der Waals surface area contributed by atoms with Crippen molar-refractivity contribution in [1.29, 1.82) is 0 Å². The van der Waals surface area contributed by atoms with E-state index >= 15 is 0 Å². The largest absolute Gasteiger partial charge is 0.366 e. The number of imide groups is 1. The average Bonchev–Trinajstić information content (AvgIpc) is 2.81. The summed E-state index contributed by atoms with van der Waals surface area (Å²) in [5.74, 6) is 0.790. The normalized spacial score (nSPS) is 24.0. The molecule has 2 unspecified atom stereocenters. The lowest BCUT2D eigenvalue weighted by Crippen LogP contribution is -2.42. The van der Waals surface area contributed by atoms with Crippen LogP contribution in [0.5, 0.6) is 0 Å². The molecule has 0 saturated carbocycles. The number of hydrogen-bond acceptors (Lipinski definition) is 3. The molecule has 2 heterocycles. The summed E-state index contributed by atoms with van der Waals surface area (Å²) in [6.07, 6.45) is 1.95. The van der Waals surface area contributed by atoms with Crippen molar-refractivity contribution in [3.8, 4) is 0 Å². The molecule has 1 fully saturated rings. The predicted molar refractivity (Wildman–Crippen MR) is 104 cm³/mol. The molecule has 2 atom stereocenters. The second kappa shape index (κ2) is 7.26. The van der Waals surface area contributed by atoms with E-state index in [1.165, 1.54) is 16.9 Å². The molecule has 4 heteroatoms. The number of rotatable bonds is 4. The maximum absolute atomic E-state index is 13.2. The van der Waals surface area contributed by atoms with Gasteiger partial charge in [0.15, 0.2) is 0 Å². The summed E-state index contributed by atoms with van der Waals surface area (Å²) in [7, 11) is 0. The van der Waals surface area contributed by atoms with Crippen LogP contribution in [0, 0.1) is 25.7 Å². The highest BCUT2D eigenvalue weighted by Gasteiger charge is 2.42. The van der Waals surface area contributed by atoms with Crippen LogP contribution in [0.2, 0.25) is 0 Å². The highest BCUT2D eigenvalue weighted by Crippen LogP contribution is 2.35. The molecular weight excluding hydrogens is 324 g/mol. The first kappa shape index (κ1) is 18.7. The summed E-state index contributed by atoms with van der Waals surface area (Å²) >= 11 is 0. The molecule has 0 spiro atoms. The van der Waals surface area contributed by atoms with Gasteiger partial charge in [-0.15, -0.1) is 0 Å².